The summed E-state index contributed by atoms with van der Waals surface area (Å²) in [6, 6.07) is 10.0. The van der Waals surface area contributed by atoms with Crippen LogP contribution in [0.3, 0.4) is 0 Å². The summed E-state index contributed by atoms with van der Waals surface area (Å²) in [6.07, 6.45) is -4.62. The number of fused-ring (bicyclic) bond motifs is 1. The molecule has 124 valence electrons. The molecule has 0 atom stereocenters. The molecule has 0 radical (unpaired) electrons. The molecule has 0 aliphatic rings. The zero-order valence-corrected chi connectivity index (χ0v) is 13.2. The Morgan fingerprint density at radius 3 is 2.54 bits per heavy atom. The van der Waals surface area contributed by atoms with E-state index in [2.05, 4.69) is 4.98 Å². The Labute approximate surface area is 139 Å². The third-order valence-electron chi connectivity index (χ3n) is 3.55. The van der Waals surface area contributed by atoms with Crippen molar-refractivity contribution in [3.8, 4) is 11.4 Å². The number of H-pyrrole nitrogens is 1. The lowest BCUT2D eigenvalue weighted by molar-refractivity contribution is -0.138. The van der Waals surface area contributed by atoms with Gasteiger partial charge >= 0.3 is 6.18 Å². The molecule has 0 unspecified atom stereocenters. The van der Waals surface area contributed by atoms with E-state index in [0.717, 1.165) is 23.8 Å². The van der Waals surface area contributed by atoms with Crippen molar-refractivity contribution < 1.29 is 17.9 Å². The number of rotatable bonds is 2. The Morgan fingerprint density at radius 2 is 1.88 bits per heavy atom. The molecule has 0 fully saturated rings. The van der Waals surface area contributed by atoms with Crippen molar-refractivity contribution in [3.05, 3.63) is 63.2 Å². The lowest BCUT2D eigenvalue weighted by Gasteiger charge is -2.14. The van der Waals surface area contributed by atoms with E-state index in [0.29, 0.717) is 10.9 Å². The van der Waals surface area contributed by atoms with Crippen molar-refractivity contribution in [3.63, 3.8) is 0 Å². The molecule has 1 N–H and O–H groups in total. The number of alkyl halides is 3. The molecule has 1 aromatic heterocycles. The van der Waals surface area contributed by atoms with Crippen LogP contribution in [0.5, 0.6) is 5.75 Å². The monoisotopic (exact) mass is 352 g/mol. The van der Waals surface area contributed by atoms with E-state index >= 15 is 0 Å². The summed E-state index contributed by atoms with van der Waals surface area (Å²) in [6.45, 7) is 0. The number of nitrogens with zero attached hydrogens (tertiary/aromatic N) is 1. The number of methoxy groups -OCH3 is 1. The van der Waals surface area contributed by atoms with E-state index in [9.17, 15) is 18.0 Å². The lowest BCUT2D eigenvalue weighted by atomic mass is 10.1. The van der Waals surface area contributed by atoms with Crippen molar-refractivity contribution >= 4 is 23.1 Å². The predicted molar refractivity (Wildman–Crippen MR) is 86.3 cm³/mol. The second kappa shape index (κ2) is 5.79. The number of benzene rings is 2. The highest BCUT2D eigenvalue weighted by Gasteiger charge is 2.34. The van der Waals surface area contributed by atoms with Gasteiger partial charge in [0, 0.05) is 0 Å². The van der Waals surface area contributed by atoms with Crippen molar-refractivity contribution in [1.82, 2.24) is 9.55 Å². The van der Waals surface area contributed by atoms with Crippen LogP contribution in [0, 0.1) is 4.77 Å². The van der Waals surface area contributed by atoms with Crippen LogP contribution in [0.15, 0.2) is 47.3 Å². The molecule has 3 aromatic rings. The first-order valence-corrected chi connectivity index (χ1v) is 7.23. The summed E-state index contributed by atoms with van der Waals surface area (Å²) in [5, 5.41) is 0.329. The van der Waals surface area contributed by atoms with E-state index in [1.807, 2.05) is 0 Å². The minimum Gasteiger partial charge on any atom is -0.496 e. The van der Waals surface area contributed by atoms with E-state index in [-0.39, 0.29) is 16.2 Å². The Bertz CT molecular complexity index is 1040. The smallest absolute Gasteiger partial charge is 0.420 e. The predicted octanol–water partition coefficient (Wildman–Crippen LogP) is 4.08. The van der Waals surface area contributed by atoms with Crippen LogP contribution in [0.1, 0.15) is 5.56 Å². The van der Waals surface area contributed by atoms with Gasteiger partial charge in [-0.1, -0.05) is 12.1 Å². The van der Waals surface area contributed by atoms with Gasteiger partial charge in [0.1, 0.15) is 5.75 Å². The summed E-state index contributed by atoms with van der Waals surface area (Å²) in [7, 11) is 1.15. The highest BCUT2D eigenvalue weighted by Crippen LogP contribution is 2.37. The third kappa shape index (κ3) is 2.69. The zero-order valence-electron chi connectivity index (χ0n) is 12.3. The van der Waals surface area contributed by atoms with Gasteiger partial charge in [-0.25, -0.2) is 0 Å². The maximum Gasteiger partial charge on any atom is 0.420 e. The molecule has 24 heavy (non-hydrogen) atoms. The molecule has 4 nitrogen and oxygen atoms in total. The van der Waals surface area contributed by atoms with E-state index in [4.69, 9.17) is 17.0 Å². The summed E-state index contributed by atoms with van der Waals surface area (Å²) in [5.41, 5.74) is -0.932. The summed E-state index contributed by atoms with van der Waals surface area (Å²) < 4.78 is 45.3. The molecule has 1 heterocycles. The van der Waals surface area contributed by atoms with Crippen molar-refractivity contribution in [1.29, 1.82) is 0 Å². The molecule has 0 aliphatic heterocycles. The van der Waals surface area contributed by atoms with Crippen molar-refractivity contribution in [2.24, 2.45) is 0 Å². The molecule has 0 spiro atoms. The van der Waals surface area contributed by atoms with Gasteiger partial charge in [0.05, 0.1) is 29.3 Å². The van der Waals surface area contributed by atoms with Crippen LogP contribution in [-0.2, 0) is 6.18 Å². The number of hydrogen-bond donors (Lipinski definition) is 1. The average Bonchev–Trinajstić information content (AvgIpc) is 2.54. The molecule has 0 saturated carbocycles. The van der Waals surface area contributed by atoms with Gasteiger partial charge in [0.2, 0.25) is 0 Å². The highest BCUT2D eigenvalue weighted by atomic mass is 32.1. The Balaban J connectivity index is 2.33. The van der Waals surface area contributed by atoms with E-state index in [1.165, 1.54) is 6.07 Å². The topological polar surface area (TPSA) is 47.0 Å². The molecular weight excluding hydrogens is 341 g/mol. The fourth-order valence-corrected chi connectivity index (χ4v) is 2.75. The number of nitrogens with one attached hydrogen (secondary N) is 1. The maximum atomic E-state index is 13.2. The Kier molecular flexibility index (Phi) is 3.92. The summed E-state index contributed by atoms with van der Waals surface area (Å²) >= 11 is 5.14. The van der Waals surface area contributed by atoms with E-state index in [1.54, 1.807) is 24.3 Å². The molecule has 0 aliphatic carbocycles. The summed E-state index contributed by atoms with van der Waals surface area (Å²) in [5.74, 6) is -0.324. The van der Waals surface area contributed by atoms with E-state index < -0.39 is 17.3 Å². The van der Waals surface area contributed by atoms with Gasteiger partial charge in [-0.15, -0.1) is 0 Å². The van der Waals surface area contributed by atoms with Gasteiger partial charge < -0.3 is 9.72 Å². The molecule has 0 amide bonds. The number of aromatic nitrogens is 2. The quantitative estimate of drug-likeness (QED) is 0.707. The van der Waals surface area contributed by atoms with Crippen molar-refractivity contribution in [2.75, 3.05) is 7.11 Å². The molecule has 8 heteroatoms. The first kappa shape index (κ1) is 16.3. The minimum absolute atomic E-state index is 0.0111. The molecule has 0 bridgehead atoms. The third-order valence-corrected chi connectivity index (χ3v) is 3.84. The zero-order chi connectivity index (χ0) is 17.5. The maximum absolute atomic E-state index is 13.2. The minimum atomic E-state index is -4.62. The number of halogens is 3. The van der Waals surface area contributed by atoms with Gasteiger partial charge in [-0.3, -0.25) is 9.36 Å². The standard InChI is InChI=1S/C16H11F3N2O2S/c1-23-13-7-6-9(8-11(13)16(17,18)19)21-14(22)10-4-2-3-5-12(10)20-15(21)24/h2-8H,1H3,(H,20,24). The van der Waals surface area contributed by atoms with Crippen LogP contribution in [0.2, 0.25) is 0 Å². The Morgan fingerprint density at radius 1 is 1.17 bits per heavy atom. The van der Waals surface area contributed by atoms with Crippen LogP contribution in [0.25, 0.3) is 16.6 Å². The average molecular weight is 352 g/mol. The van der Waals surface area contributed by atoms with Crippen molar-refractivity contribution in [2.45, 2.75) is 6.18 Å². The lowest BCUT2D eigenvalue weighted by Crippen LogP contribution is -2.21. The number of aromatic amines is 1. The van der Waals surface area contributed by atoms with Crippen LogP contribution < -0.4 is 10.3 Å². The highest BCUT2D eigenvalue weighted by molar-refractivity contribution is 7.71. The number of ether oxygens (including phenoxy) is 1. The number of hydrogen-bond acceptors (Lipinski definition) is 3. The van der Waals surface area contributed by atoms with Gasteiger partial charge in [-0.2, -0.15) is 13.2 Å². The van der Waals surface area contributed by atoms with Crippen LogP contribution in [-0.4, -0.2) is 16.7 Å². The fraction of sp³-hybridized carbons (Fsp3) is 0.125. The largest absolute Gasteiger partial charge is 0.496 e. The molecular formula is C16H11F3N2O2S. The molecule has 3 rings (SSSR count). The number of para-hydroxylation sites is 1. The van der Waals surface area contributed by atoms with Crippen LogP contribution in [0.4, 0.5) is 13.2 Å². The van der Waals surface area contributed by atoms with Gasteiger partial charge in [0.15, 0.2) is 4.77 Å². The first-order valence-electron chi connectivity index (χ1n) is 6.82. The van der Waals surface area contributed by atoms with Crippen LogP contribution >= 0.6 is 12.2 Å². The van der Waals surface area contributed by atoms with Gasteiger partial charge in [0.25, 0.3) is 5.56 Å². The molecule has 2 aromatic carbocycles. The second-order valence-corrected chi connectivity index (χ2v) is 5.39. The Hall–Kier alpha value is -2.61. The molecule has 0 saturated heterocycles. The normalized spacial score (nSPS) is 11.7. The fourth-order valence-electron chi connectivity index (χ4n) is 2.45. The van der Waals surface area contributed by atoms with Gasteiger partial charge in [-0.05, 0) is 42.5 Å². The second-order valence-electron chi connectivity index (χ2n) is 5.00. The summed E-state index contributed by atoms with van der Waals surface area (Å²) in [4.78, 5) is 15.5. The SMILES string of the molecule is COc1ccc(-n2c(=S)[nH]c3ccccc3c2=O)cc1C(F)(F)F. The first-order chi connectivity index (χ1) is 11.3.